The van der Waals surface area contributed by atoms with Gasteiger partial charge in [-0.3, -0.25) is 19.4 Å². The molecule has 0 aromatic heterocycles. The van der Waals surface area contributed by atoms with E-state index in [2.05, 4.69) is 37.8 Å². The molecular weight excluding hydrogens is 312 g/mol. The molecule has 2 aliphatic rings. The van der Waals surface area contributed by atoms with Crippen molar-refractivity contribution in [2.24, 2.45) is 0 Å². The average molecular weight is 342 g/mol. The molecule has 3 rings (SSSR count). The van der Waals surface area contributed by atoms with E-state index in [4.69, 9.17) is 0 Å². The van der Waals surface area contributed by atoms with Gasteiger partial charge in [-0.1, -0.05) is 45.0 Å². The molecule has 0 saturated carbocycles. The van der Waals surface area contributed by atoms with Crippen LogP contribution in [-0.4, -0.2) is 47.3 Å². The Morgan fingerprint density at radius 1 is 1.16 bits per heavy atom. The molecule has 1 aliphatic heterocycles. The SMILES string of the molecule is CCC(CN1C(=O)CC2(CCCc3ccccc32)C1=O)N(CC)CC. The first-order valence-corrected chi connectivity index (χ1v) is 9.74. The van der Waals surface area contributed by atoms with Crippen LogP contribution in [0, 0.1) is 0 Å². The van der Waals surface area contributed by atoms with Gasteiger partial charge in [0.2, 0.25) is 11.8 Å². The molecule has 1 aliphatic carbocycles. The molecule has 1 fully saturated rings. The lowest BCUT2D eigenvalue weighted by Crippen LogP contribution is -2.48. The van der Waals surface area contributed by atoms with Crippen molar-refractivity contribution < 1.29 is 9.59 Å². The zero-order valence-corrected chi connectivity index (χ0v) is 15.8. The summed E-state index contributed by atoms with van der Waals surface area (Å²) in [4.78, 5) is 30.1. The zero-order chi connectivity index (χ0) is 18.0. The summed E-state index contributed by atoms with van der Waals surface area (Å²) in [6, 6.07) is 8.45. The lowest BCUT2D eigenvalue weighted by atomic mass is 9.69. The Balaban J connectivity index is 1.89. The standard InChI is InChI=1S/C21H30N2O2/c1-4-17(22(5-2)6-3)15-23-19(24)14-21(20(23)25)13-9-11-16-10-7-8-12-18(16)21/h7-8,10,12,17H,4-6,9,11,13-15H2,1-3H3. The van der Waals surface area contributed by atoms with E-state index < -0.39 is 5.41 Å². The minimum atomic E-state index is -0.604. The van der Waals surface area contributed by atoms with Gasteiger partial charge in [-0.25, -0.2) is 0 Å². The van der Waals surface area contributed by atoms with Crippen molar-refractivity contribution in [3.8, 4) is 0 Å². The molecule has 25 heavy (non-hydrogen) atoms. The second-order valence-corrected chi connectivity index (χ2v) is 7.36. The van der Waals surface area contributed by atoms with E-state index in [0.29, 0.717) is 13.0 Å². The summed E-state index contributed by atoms with van der Waals surface area (Å²) in [5.41, 5.74) is 1.73. The first-order valence-electron chi connectivity index (χ1n) is 9.74. The molecular formula is C21H30N2O2. The first-order chi connectivity index (χ1) is 12.1. The first kappa shape index (κ1) is 18.1. The predicted octanol–water partition coefficient (Wildman–Crippen LogP) is 3.14. The van der Waals surface area contributed by atoms with Crippen LogP contribution in [0.25, 0.3) is 0 Å². The summed E-state index contributed by atoms with van der Waals surface area (Å²) < 4.78 is 0. The third-order valence-corrected chi connectivity index (χ3v) is 6.18. The van der Waals surface area contributed by atoms with Crippen LogP contribution in [0.5, 0.6) is 0 Å². The monoisotopic (exact) mass is 342 g/mol. The molecule has 2 atom stereocenters. The van der Waals surface area contributed by atoms with Gasteiger partial charge in [0.15, 0.2) is 0 Å². The highest BCUT2D eigenvalue weighted by Gasteiger charge is 2.54. The molecule has 1 spiro atoms. The second kappa shape index (κ2) is 7.28. The largest absolute Gasteiger partial charge is 0.299 e. The van der Waals surface area contributed by atoms with E-state index in [0.717, 1.165) is 44.3 Å². The summed E-state index contributed by atoms with van der Waals surface area (Å²) in [5, 5.41) is 0. The van der Waals surface area contributed by atoms with Crippen LogP contribution in [0.15, 0.2) is 24.3 Å². The summed E-state index contributed by atoms with van der Waals surface area (Å²) in [7, 11) is 0. The molecule has 0 bridgehead atoms. The molecule has 136 valence electrons. The normalized spacial score (nSPS) is 24.2. The van der Waals surface area contributed by atoms with Crippen molar-refractivity contribution in [1.82, 2.24) is 9.80 Å². The van der Waals surface area contributed by atoms with Crippen LogP contribution < -0.4 is 0 Å². The van der Waals surface area contributed by atoms with Gasteiger partial charge in [0.25, 0.3) is 0 Å². The minimum absolute atomic E-state index is 0.00677. The molecule has 0 radical (unpaired) electrons. The van der Waals surface area contributed by atoms with Gasteiger partial charge < -0.3 is 0 Å². The van der Waals surface area contributed by atoms with Crippen molar-refractivity contribution in [2.75, 3.05) is 19.6 Å². The second-order valence-electron chi connectivity index (χ2n) is 7.36. The number of rotatable bonds is 6. The number of carbonyl (C=O) groups is 2. The topological polar surface area (TPSA) is 40.6 Å². The summed E-state index contributed by atoms with van der Waals surface area (Å²) >= 11 is 0. The molecule has 4 nitrogen and oxygen atoms in total. The fourth-order valence-electron chi connectivity index (χ4n) is 4.77. The number of fused-ring (bicyclic) bond motifs is 2. The minimum Gasteiger partial charge on any atom is -0.299 e. The molecule has 2 amide bonds. The number of imide groups is 1. The van der Waals surface area contributed by atoms with Crippen LogP contribution in [-0.2, 0) is 21.4 Å². The third-order valence-electron chi connectivity index (χ3n) is 6.18. The number of aryl methyl sites for hydroxylation is 1. The van der Waals surface area contributed by atoms with E-state index in [1.54, 1.807) is 4.90 Å². The Bertz CT molecular complexity index is 653. The van der Waals surface area contributed by atoms with E-state index in [1.807, 2.05) is 12.1 Å². The molecule has 1 aromatic carbocycles. The quantitative estimate of drug-likeness (QED) is 0.746. The highest BCUT2D eigenvalue weighted by Crippen LogP contribution is 2.45. The fraction of sp³-hybridized carbons (Fsp3) is 0.619. The Hall–Kier alpha value is -1.68. The average Bonchev–Trinajstić information content (AvgIpc) is 2.86. The molecule has 1 heterocycles. The van der Waals surface area contributed by atoms with Crippen LogP contribution >= 0.6 is 0 Å². The highest BCUT2D eigenvalue weighted by atomic mass is 16.2. The predicted molar refractivity (Wildman–Crippen MR) is 99.4 cm³/mol. The van der Waals surface area contributed by atoms with Crippen molar-refractivity contribution >= 4 is 11.8 Å². The molecule has 0 N–H and O–H groups in total. The van der Waals surface area contributed by atoms with Crippen LogP contribution in [0.4, 0.5) is 0 Å². The smallest absolute Gasteiger partial charge is 0.240 e. The highest BCUT2D eigenvalue weighted by molar-refractivity contribution is 6.09. The van der Waals surface area contributed by atoms with Crippen molar-refractivity contribution in [3.63, 3.8) is 0 Å². The van der Waals surface area contributed by atoms with Gasteiger partial charge in [0.05, 0.1) is 5.41 Å². The van der Waals surface area contributed by atoms with Gasteiger partial charge in [0.1, 0.15) is 0 Å². The Kier molecular flexibility index (Phi) is 5.28. The lowest BCUT2D eigenvalue weighted by molar-refractivity contribution is -0.141. The number of carbonyl (C=O) groups excluding carboxylic acids is 2. The molecule has 1 saturated heterocycles. The van der Waals surface area contributed by atoms with Gasteiger partial charge >= 0.3 is 0 Å². The number of hydrogen-bond acceptors (Lipinski definition) is 3. The summed E-state index contributed by atoms with van der Waals surface area (Å²) in [6.07, 6.45) is 4.08. The maximum absolute atomic E-state index is 13.4. The number of benzene rings is 1. The maximum atomic E-state index is 13.4. The third kappa shape index (κ3) is 3.01. The Labute approximate surface area is 151 Å². The zero-order valence-electron chi connectivity index (χ0n) is 15.8. The van der Waals surface area contributed by atoms with Gasteiger partial charge in [-0.2, -0.15) is 0 Å². The van der Waals surface area contributed by atoms with E-state index in [-0.39, 0.29) is 17.9 Å². The number of nitrogens with zero attached hydrogens (tertiary/aromatic N) is 2. The Morgan fingerprint density at radius 2 is 1.88 bits per heavy atom. The van der Waals surface area contributed by atoms with Crippen molar-refractivity contribution in [3.05, 3.63) is 35.4 Å². The van der Waals surface area contributed by atoms with Crippen LogP contribution in [0.3, 0.4) is 0 Å². The van der Waals surface area contributed by atoms with E-state index >= 15 is 0 Å². The fourth-order valence-corrected chi connectivity index (χ4v) is 4.77. The molecule has 4 heteroatoms. The lowest BCUT2D eigenvalue weighted by Gasteiger charge is -2.35. The van der Waals surface area contributed by atoms with Gasteiger partial charge in [-0.05, 0) is 49.9 Å². The Morgan fingerprint density at radius 3 is 2.56 bits per heavy atom. The molecule has 2 unspecified atom stereocenters. The number of hydrogen-bond donors (Lipinski definition) is 0. The maximum Gasteiger partial charge on any atom is 0.240 e. The van der Waals surface area contributed by atoms with Crippen LogP contribution in [0.1, 0.15) is 57.6 Å². The number of likely N-dealkylation sites (tertiary alicyclic amines) is 1. The number of amides is 2. The number of likely N-dealkylation sites (N-methyl/N-ethyl adjacent to an activating group) is 1. The van der Waals surface area contributed by atoms with Crippen LogP contribution in [0.2, 0.25) is 0 Å². The van der Waals surface area contributed by atoms with Crippen molar-refractivity contribution in [1.29, 1.82) is 0 Å². The van der Waals surface area contributed by atoms with E-state index in [1.165, 1.54) is 5.56 Å². The van der Waals surface area contributed by atoms with Crippen molar-refractivity contribution in [2.45, 2.75) is 64.3 Å². The molecule has 1 aromatic rings. The van der Waals surface area contributed by atoms with Gasteiger partial charge in [-0.15, -0.1) is 0 Å². The summed E-state index contributed by atoms with van der Waals surface area (Å²) in [5.74, 6) is 0.0440. The summed E-state index contributed by atoms with van der Waals surface area (Å²) in [6.45, 7) is 8.83. The van der Waals surface area contributed by atoms with Gasteiger partial charge in [0, 0.05) is 19.0 Å². The van der Waals surface area contributed by atoms with E-state index in [9.17, 15) is 9.59 Å².